The summed E-state index contributed by atoms with van der Waals surface area (Å²) >= 11 is 3.56. The van der Waals surface area contributed by atoms with Crippen molar-refractivity contribution in [3.05, 3.63) is 28.2 Å². The molecule has 1 aromatic rings. The molecule has 0 atom stereocenters. The van der Waals surface area contributed by atoms with E-state index in [0.717, 1.165) is 10.4 Å². The van der Waals surface area contributed by atoms with Crippen LogP contribution in [0.3, 0.4) is 0 Å². The zero-order valence-corrected chi connectivity index (χ0v) is 12.9. The maximum absolute atomic E-state index is 5.85. The van der Waals surface area contributed by atoms with E-state index in [9.17, 15) is 0 Å². The van der Waals surface area contributed by atoms with Gasteiger partial charge in [-0.3, -0.25) is 0 Å². The highest BCUT2D eigenvalue weighted by atomic mass is 79.9. The zero-order chi connectivity index (χ0) is 13.1. The minimum atomic E-state index is 0.607. The number of hydrogen-bond donors (Lipinski definition) is 1. The molecule has 18 heavy (non-hydrogen) atoms. The first-order valence-electron chi connectivity index (χ1n) is 6.83. The molecule has 1 aliphatic carbocycles. The quantitative estimate of drug-likeness (QED) is 0.916. The molecule has 0 aromatic heterocycles. The predicted molar refractivity (Wildman–Crippen MR) is 81.9 cm³/mol. The first kappa shape index (κ1) is 13.9. The third kappa shape index (κ3) is 3.07. The fourth-order valence-electron chi connectivity index (χ4n) is 2.86. The second kappa shape index (κ2) is 6.07. The Morgan fingerprint density at radius 1 is 1.28 bits per heavy atom. The fraction of sp³-hybridized carbons (Fsp3) is 0.600. The number of nitrogens with two attached hydrogens (primary N) is 1. The maximum atomic E-state index is 5.85. The second-order valence-corrected chi connectivity index (χ2v) is 6.42. The van der Waals surface area contributed by atoms with E-state index in [1.165, 1.54) is 36.9 Å². The largest absolute Gasteiger partial charge is 0.371 e. The van der Waals surface area contributed by atoms with Crippen LogP contribution < -0.4 is 10.6 Å². The summed E-state index contributed by atoms with van der Waals surface area (Å²) in [4.78, 5) is 2.43. The Morgan fingerprint density at radius 3 is 2.56 bits per heavy atom. The number of rotatable bonds is 3. The van der Waals surface area contributed by atoms with Gasteiger partial charge < -0.3 is 10.6 Å². The average molecular weight is 311 g/mol. The Labute approximate surface area is 119 Å². The second-order valence-electron chi connectivity index (χ2n) is 5.50. The van der Waals surface area contributed by atoms with Gasteiger partial charge in [0, 0.05) is 29.8 Å². The van der Waals surface area contributed by atoms with Gasteiger partial charge in [0.05, 0.1) is 0 Å². The molecule has 0 amide bonds. The van der Waals surface area contributed by atoms with E-state index in [2.05, 4.69) is 53.0 Å². The van der Waals surface area contributed by atoms with Gasteiger partial charge in [-0.05, 0) is 49.3 Å². The van der Waals surface area contributed by atoms with Crippen LogP contribution in [-0.2, 0) is 6.54 Å². The van der Waals surface area contributed by atoms with Crippen LogP contribution in [-0.4, -0.2) is 13.1 Å². The molecule has 0 unspecified atom stereocenters. The molecule has 0 heterocycles. The van der Waals surface area contributed by atoms with Crippen LogP contribution >= 0.6 is 15.9 Å². The van der Waals surface area contributed by atoms with E-state index in [-0.39, 0.29) is 0 Å². The van der Waals surface area contributed by atoms with Crippen LogP contribution in [0.2, 0.25) is 0 Å². The molecule has 2 N–H and O–H groups in total. The van der Waals surface area contributed by atoms with E-state index in [1.54, 1.807) is 0 Å². The molecule has 0 aliphatic heterocycles. The standard InChI is InChI=1S/C15H23BrN2/c1-11-3-7-14(8-4-11)18(2)15-9-13(16)6-5-12(15)10-17/h5-6,9,11,14H,3-4,7-8,10,17H2,1-2H3. The highest BCUT2D eigenvalue weighted by Gasteiger charge is 2.23. The topological polar surface area (TPSA) is 29.3 Å². The van der Waals surface area contributed by atoms with Crippen LogP contribution in [0.25, 0.3) is 0 Å². The minimum absolute atomic E-state index is 0.607. The molecule has 3 heteroatoms. The summed E-state index contributed by atoms with van der Waals surface area (Å²) in [6.45, 7) is 2.97. The van der Waals surface area contributed by atoms with Gasteiger partial charge in [-0.2, -0.15) is 0 Å². The minimum Gasteiger partial charge on any atom is -0.371 e. The van der Waals surface area contributed by atoms with Gasteiger partial charge in [-0.15, -0.1) is 0 Å². The van der Waals surface area contributed by atoms with Gasteiger partial charge in [-0.25, -0.2) is 0 Å². The molecule has 0 bridgehead atoms. The molecule has 0 saturated heterocycles. The van der Waals surface area contributed by atoms with Crippen molar-refractivity contribution in [2.24, 2.45) is 11.7 Å². The van der Waals surface area contributed by atoms with Gasteiger partial charge in [0.2, 0.25) is 0 Å². The Balaban J connectivity index is 2.17. The van der Waals surface area contributed by atoms with Crippen LogP contribution in [0.15, 0.2) is 22.7 Å². The summed E-state index contributed by atoms with van der Waals surface area (Å²) in [6, 6.07) is 7.06. The lowest BCUT2D eigenvalue weighted by Crippen LogP contribution is -2.35. The summed E-state index contributed by atoms with van der Waals surface area (Å²) in [6.07, 6.45) is 5.30. The van der Waals surface area contributed by atoms with Crippen LogP contribution in [0.1, 0.15) is 38.2 Å². The Morgan fingerprint density at radius 2 is 1.94 bits per heavy atom. The van der Waals surface area contributed by atoms with Crippen molar-refractivity contribution in [3.63, 3.8) is 0 Å². The molecule has 1 aliphatic rings. The van der Waals surface area contributed by atoms with Gasteiger partial charge in [-0.1, -0.05) is 28.9 Å². The SMILES string of the molecule is CC1CCC(N(C)c2cc(Br)ccc2CN)CC1. The van der Waals surface area contributed by atoms with E-state index < -0.39 is 0 Å². The smallest absolute Gasteiger partial charge is 0.0422 e. The molecule has 2 nitrogen and oxygen atoms in total. The number of hydrogen-bond acceptors (Lipinski definition) is 2. The zero-order valence-electron chi connectivity index (χ0n) is 11.3. The normalized spacial score (nSPS) is 24.0. The average Bonchev–Trinajstić information content (AvgIpc) is 2.39. The maximum Gasteiger partial charge on any atom is 0.0422 e. The molecule has 1 saturated carbocycles. The fourth-order valence-corrected chi connectivity index (χ4v) is 3.21. The van der Waals surface area contributed by atoms with Crippen molar-refractivity contribution < 1.29 is 0 Å². The number of halogens is 1. The van der Waals surface area contributed by atoms with E-state index >= 15 is 0 Å². The molecule has 1 aromatic carbocycles. The Kier molecular flexibility index (Phi) is 4.68. The lowest BCUT2D eigenvalue weighted by molar-refractivity contribution is 0.340. The summed E-state index contributed by atoms with van der Waals surface area (Å²) in [5.41, 5.74) is 8.37. The summed E-state index contributed by atoms with van der Waals surface area (Å²) in [5.74, 6) is 0.895. The molecule has 0 radical (unpaired) electrons. The van der Waals surface area contributed by atoms with Gasteiger partial charge in [0.1, 0.15) is 0 Å². The van der Waals surface area contributed by atoms with Crippen LogP contribution in [0, 0.1) is 5.92 Å². The Bertz CT molecular complexity index is 397. The summed E-state index contributed by atoms with van der Waals surface area (Å²) in [7, 11) is 2.21. The van der Waals surface area contributed by atoms with Crippen molar-refractivity contribution in [1.29, 1.82) is 0 Å². The molecule has 1 fully saturated rings. The van der Waals surface area contributed by atoms with Crippen LogP contribution in [0.5, 0.6) is 0 Å². The molecule has 2 rings (SSSR count). The lowest BCUT2D eigenvalue weighted by atomic mass is 9.86. The summed E-state index contributed by atoms with van der Waals surface area (Å²) in [5, 5.41) is 0. The molecule has 0 spiro atoms. The third-order valence-corrected chi connectivity index (χ3v) is 4.67. The first-order valence-corrected chi connectivity index (χ1v) is 7.62. The van der Waals surface area contributed by atoms with Gasteiger partial charge in [0.25, 0.3) is 0 Å². The number of anilines is 1. The third-order valence-electron chi connectivity index (χ3n) is 4.18. The first-order chi connectivity index (χ1) is 8.61. The van der Waals surface area contributed by atoms with Crippen molar-refractivity contribution >= 4 is 21.6 Å². The molecule has 100 valence electrons. The number of nitrogens with zero attached hydrogens (tertiary/aromatic N) is 1. The van der Waals surface area contributed by atoms with E-state index in [4.69, 9.17) is 5.73 Å². The highest BCUT2D eigenvalue weighted by molar-refractivity contribution is 9.10. The van der Waals surface area contributed by atoms with Gasteiger partial charge in [0.15, 0.2) is 0 Å². The van der Waals surface area contributed by atoms with Crippen LogP contribution in [0.4, 0.5) is 5.69 Å². The summed E-state index contributed by atoms with van der Waals surface area (Å²) < 4.78 is 1.13. The predicted octanol–water partition coefficient (Wildman–Crippen LogP) is 3.92. The van der Waals surface area contributed by atoms with Crippen molar-refractivity contribution in [2.75, 3.05) is 11.9 Å². The monoisotopic (exact) mass is 310 g/mol. The van der Waals surface area contributed by atoms with Crippen molar-refractivity contribution in [3.8, 4) is 0 Å². The van der Waals surface area contributed by atoms with E-state index in [1.807, 2.05) is 0 Å². The number of benzene rings is 1. The van der Waals surface area contributed by atoms with Crippen molar-refractivity contribution in [1.82, 2.24) is 0 Å². The van der Waals surface area contributed by atoms with Crippen molar-refractivity contribution in [2.45, 2.75) is 45.2 Å². The molecular weight excluding hydrogens is 288 g/mol. The van der Waals surface area contributed by atoms with Gasteiger partial charge >= 0.3 is 0 Å². The Hall–Kier alpha value is -0.540. The molecular formula is C15H23BrN2. The highest BCUT2D eigenvalue weighted by Crippen LogP contribution is 2.32. The van der Waals surface area contributed by atoms with E-state index in [0.29, 0.717) is 12.6 Å². The lowest BCUT2D eigenvalue weighted by Gasteiger charge is -2.36.